The van der Waals surface area contributed by atoms with E-state index in [0.717, 1.165) is 18.3 Å². The summed E-state index contributed by atoms with van der Waals surface area (Å²) in [5, 5.41) is 6.74. The zero-order valence-corrected chi connectivity index (χ0v) is 13.4. The molecule has 0 bridgehead atoms. The molecule has 0 aromatic carbocycles. The smallest absolute Gasteiger partial charge is 0.191 e. The van der Waals surface area contributed by atoms with Crippen molar-refractivity contribution in [2.24, 2.45) is 16.8 Å². The molecule has 2 aliphatic rings. The minimum atomic E-state index is -2.78. The lowest BCUT2D eigenvalue weighted by Gasteiger charge is -2.28. The van der Waals surface area contributed by atoms with Gasteiger partial charge in [0.25, 0.3) is 0 Å². The van der Waals surface area contributed by atoms with Gasteiger partial charge in [-0.2, -0.15) is 0 Å². The lowest BCUT2D eigenvalue weighted by Crippen LogP contribution is -2.46. The summed E-state index contributed by atoms with van der Waals surface area (Å²) in [5.41, 5.74) is 0. The highest BCUT2D eigenvalue weighted by Crippen LogP contribution is 2.23. The average molecular weight is 301 g/mol. The summed E-state index contributed by atoms with van der Waals surface area (Å²) < 4.78 is 22.9. The van der Waals surface area contributed by atoms with Crippen LogP contribution >= 0.6 is 0 Å². The molecule has 2 fully saturated rings. The zero-order valence-electron chi connectivity index (χ0n) is 12.6. The van der Waals surface area contributed by atoms with Crippen LogP contribution in [0.3, 0.4) is 0 Å². The molecule has 1 saturated carbocycles. The average Bonchev–Trinajstić information content (AvgIpc) is 2.76. The van der Waals surface area contributed by atoms with Crippen LogP contribution in [0.15, 0.2) is 4.99 Å². The van der Waals surface area contributed by atoms with Gasteiger partial charge in [-0.15, -0.1) is 0 Å². The second-order valence-electron chi connectivity index (χ2n) is 6.32. The standard InChI is InChI=1S/C14H27N3O2S/c1-11-3-5-13(6-4-11)17-14(15-2)16-9-12-7-8-20(18,19)10-12/h11-13H,3-10H2,1-2H3,(H2,15,16,17). The van der Waals surface area contributed by atoms with Gasteiger partial charge in [-0.3, -0.25) is 4.99 Å². The van der Waals surface area contributed by atoms with Gasteiger partial charge < -0.3 is 10.6 Å². The molecule has 1 aliphatic carbocycles. The molecule has 0 aromatic rings. The summed E-state index contributed by atoms with van der Waals surface area (Å²) >= 11 is 0. The fourth-order valence-corrected chi connectivity index (χ4v) is 4.93. The van der Waals surface area contributed by atoms with E-state index < -0.39 is 9.84 Å². The van der Waals surface area contributed by atoms with Crippen molar-refractivity contribution in [3.8, 4) is 0 Å². The number of hydrogen-bond donors (Lipinski definition) is 2. The largest absolute Gasteiger partial charge is 0.356 e. The molecule has 0 radical (unpaired) electrons. The van der Waals surface area contributed by atoms with Gasteiger partial charge in [0.1, 0.15) is 0 Å². The monoisotopic (exact) mass is 301 g/mol. The number of aliphatic imine (C=N–C) groups is 1. The van der Waals surface area contributed by atoms with Gasteiger partial charge in [-0.05, 0) is 43.9 Å². The van der Waals surface area contributed by atoms with Crippen molar-refractivity contribution in [3.63, 3.8) is 0 Å². The van der Waals surface area contributed by atoms with Crippen molar-refractivity contribution in [2.75, 3.05) is 25.1 Å². The maximum Gasteiger partial charge on any atom is 0.191 e. The first-order chi connectivity index (χ1) is 9.48. The van der Waals surface area contributed by atoms with Gasteiger partial charge in [0.05, 0.1) is 11.5 Å². The predicted octanol–water partition coefficient (Wildman–Crippen LogP) is 1.16. The molecule has 1 heterocycles. The number of nitrogens with zero attached hydrogens (tertiary/aromatic N) is 1. The van der Waals surface area contributed by atoms with Gasteiger partial charge in [0.2, 0.25) is 0 Å². The minimum Gasteiger partial charge on any atom is -0.356 e. The highest BCUT2D eigenvalue weighted by molar-refractivity contribution is 7.91. The molecule has 5 nitrogen and oxygen atoms in total. The Morgan fingerprint density at radius 3 is 2.45 bits per heavy atom. The molecule has 1 aliphatic heterocycles. The van der Waals surface area contributed by atoms with E-state index in [1.807, 2.05) is 0 Å². The van der Waals surface area contributed by atoms with Crippen molar-refractivity contribution in [1.29, 1.82) is 0 Å². The SMILES string of the molecule is CN=C(NCC1CCS(=O)(=O)C1)NC1CCC(C)CC1. The van der Waals surface area contributed by atoms with E-state index in [0.29, 0.717) is 24.1 Å². The summed E-state index contributed by atoms with van der Waals surface area (Å²) in [5.74, 6) is 2.54. The fraction of sp³-hybridized carbons (Fsp3) is 0.929. The molecule has 0 spiro atoms. The Morgan fingerprint density at radius 1 is 1.20 bits per heavy atom. The van der Waals surface area contributed by atoms with Crippen molar-refractivity contribution >= 4 is 15.8 Å². The van der Waals surface area contributed by atoms with Crippen LogP contribution in [0.25, 0.3) is 0 Å². The fourth-order valence-electron chi connectivity index (χ4n) is 3.07. The normalized spacial score (nSPS) is 33.9. The van der Waals surface area contributed by atoms with Crippen LogP contribution in [0.2, 0.25) is 0 Å². The molecule has 1 saturated heterocycles. The Hall–Kier alpha value is -0.780. The van der Waals surface area contributed by atoms with Crippen molar-refractivity contribution in [3.05, 3.63) is 0 Å². The van der Waals surface area contributed by atoms with Crippen molar-refractivity contribution in [2.45, 2.75) is 45.1 Å². The molecule has 2 N–H and O–H groups in total. The second kappa shape index (κ2) is 6.78. The van der Waals surface area contributed by atoms with E-state index in [9.17, 15) is 8.42 Å². The van der Waals surface area contributed by atoms with Crippen LogP contribution in [0.5, 0.6) is 0 Å². The van der Waals surface area contributed by atoms with Crippen molar-refractivity contribution < 1.29 is 8.42 Å². The molecule has 20 heavy (non-hydrogen) atoms. The second-order valence-corrected chi connectivity index (χ2v) is 8.55. The topological polar surface area (TPSA) is 70.6 Å². The van der Waals surface area contributed by atoms with Crippen LogP contribution in [0.1, 0.15) is 39.0 Å². The maximum absolute atomic E-state index is 11.4. The lowest BCUT2D eigenvalue weighted by molar-refractivity contribution is 0.329. The van der Waals surface area contributed by atoms with Crippen LogP contribution in [0, 0.1) is 11.8 Å². The first-order valence-corrected chi connectivity index (χ1v) is 9.48. The van der Waals surface area contributed by atoms with Gasteiger partial charge >= 0.3 is 0 Å². The maximum atomic E-state index is 11.4. The van der Waals surface area contributed by atoms with E-state index in [-0.39, 0.29) is 5.92 Å². The van der Waals surface area contributed by atoms with Crippen LogP contribution in [-0.4, -0.2) is 45.5 Å². The van der Waals surface area contributed by atoms with E-state index in [2.05, 4.69) is 22.5 Å². The highest BCUT2D eigenvalue weighted by atomic mass is 32.2. The molecular formula is C14H27N3O2S. The molecular weight excluding hydrogens is 274 g/mol. The number of sulfone groups is 1. The Kier molecular flexibility index (Phi) is 5.29. The number of guanidine groups is 1. The predicted molar refractivity (Wildman–Crippen MR) is 82.7 cm³/mol. The lowest BCUT2D eigenvalue weighted by atomic mass is 9.87. The summed E-state index contributed by atoms with van der Waals surface area (Å²) in [6.07, 6.45) is 5.71. The summed E-state index contributed by atoms with van der Waals surface area (Å²) in [7, 11) is -1.01. The summed E-state index contributed by atoms with van der Waals surface area (Å²) in [6, 6.07) is 0.504. The quantitative estimate of drug-likeness (QED) is 0.606. The van der Waals surface area contributed by atoms with Gasteiger partial charge in [0, 0.05) is 19.6 Å². The van der Waals surface area contributed by atoms with E-state index in [1.54, 1.807) is 7.05 Å². The Morgan fingerprint density at radius 2 is 1.90 bits per heavy atom. The molecule has 2 rings (SSSR count). The highest BCUT2D eigenvalue weighted by Gasteiger charge is 2.28. The summed E-state index contributed by atoms with van der Waals surface area (Å²) in [4.78, 5) is 4.24. The molecule has 116 valence electrons. The molecule has 1 unspecified atom stereocenters. The molecule has 0 amide bonds. The third kappa shape index (κ3) is 4.65. The third-order valence-electron chi connectivity index (χ3n) is 4.47. The number of rotatable bonds is 3. The molecule has 6 heteroatoms. The Bertz CT molecular complexity index is 439. The van der Waals surface area contributed by atoms with Crippen LogP contribution in [-0.2, 0) is 9.84 Å². The van der Waals surface area contributed by atoms with Crippen LogP contribution in [0.4, 0.5) is 0 Å². The van der Waals surface area contributed by atoms with Crippen molar-refractivity contribution in [1.82, 2.24) is 10.6 Å². The van der Waals surface area contributed by atoms with Gasteiger partial charge in [-0.1, -0.05) is 6.92 Å². The van der Waals surface area contributed by atoms with Gasteiger partial charge in [-0.25, -0.2) is 8.42 Å². The Labute approximate surface area is 122 Å². The van der Waals surface area contributed by atoms with E-state index in [4.69, 9.17) is 0 Å². The number of hydrogen-bond acceptors (Lipinski definition) is 3. The van der Waals surface area contributed by atoms with E-state index >= 15 is 0 Å². The zero-order chi connectivity index (χ0) is 14.6. The first kappa shape index (κ1) is 15.6. The van der Waals surface area contributed by atoms with E-state index in [1.165, 1.54) is 25.7 Å². The first-order valence-electron chi connectivity index (χ1n) is 7.66. The van der Waals surface area contributed by atoms with Gasteiger partial charge in [0.15, 0.2) is 15.8 Å². The molecule has 0 aromatic heterocycles. The third-order valence-corrected chi connectivity index (χ3v) is 6.30. The van der Waals surface area contributed by atoms with Crippen LogP contribution < -0.4 is 10.6 Å². The molecule has 1 atom stereocenters. The minimum absolute atomic E-state index is 0.227. The summed E-state index contributed by atoms with van der Waals surface area (Å²) in [6.45, 7) is 3.01. The Balaban J connectivity index is 1.73. The number of nitrogens with one attached hydrogen (secondary N) is 2.